The number of carbonyl (C=O) groups is 2. The minimum atomic E-state index is -4.10. The molecule has 1 heterocycles. The fourth-order valence-corrected chi connectivity index (χ4v) is 5.36. The van der Waals surface area contributed by atoms with E-state index in [4.69, 9.17) is 4.74 Å². The van der Waals surface area contributed by atoms with E-state index in [1.54, 1.807) is 13.0 Å². The number of anilines is 1. The number of benzene rings is 2. The predicted molar refractivity (Wildman–Crippen MR) is 122 cm³/mol. The minimum absolute atomic E-state index is 0.0126. The number of aliphatic hydroxyl groups is 1. The molecule has 0 bridgehead atoms. The van der Waals surface area contributed by atoms with Crippen LogP contribution in [-0.4, -0.2) is 59.9 Å². The van der Waals surface area contributed by atoms with Crippen LogP contribution < -0.4 is 5.32 Å². The van der Waals surface area contributed by atoms with Gasteiger partial charge >= 0.3 is 5.97 Å². The SMILES string of the molecule is Cc1ccc(S(=O)(=O)N2CC(O)C[C@H]2C(=O)OCC(=O)Nc2cccc([N+](=O)[O-])c2C)cc1C. The van der Waals surface area contributed by atoms with Gasteiger partial charge in [-0.05, 0) is 50.1 Å². The van der Waals surface area contributed by atoms with Gasteiger partial charge in [0.2, 0.25) is 10.0 Å². The molecule has 34 heavy (non-hydrogen) atoms. The molecule has 0 saturated carbocycles. The van der Waals surface area contributed by atoms with E-state index < -0.39 is 45.6 Å². The number of aliphatic hydroxyl groups excluding tert-OH is 1. The van der Waals surface area contributed by atoms with E-state index in [1.165, 1.54) is 37.3 Å². The number of aryl methyl sites for hydroxylation is 2. The van der Waals surface area contributed by atoms with Crippen LogP contribution in [0, 0.1) is 30.9 Å². The quantitative estimate of drug-likeness (QED) is 0.337. The lowest BCUT2D eigenvalue weighted by molar-refractivity contribution is -0.385. The Bertz CT molecular complexity index is 1240. The van der Waals surface area contributed by atoms with Crippen molar-refractivity contribution in [3.8, 4) is 0 Å². The van der Waals surface area contributed by atoms with Crippen molar-refractivity contribution < 1.29 is 32.8 Å². The van der Waals surface area contributed by atoms with Gasteiger partial charge in [-0.2, -0.15) is 4.31 Å². The van der Waals surface area contributed by atoms with E-state index in [1.807, 2.05) is 6.92 Å². The molecule has 11 nitrogen and oxygen atoms in total. The van der Waals surface area contributed by atoms with Crippen LogP contribution in [0.25, 0.3) is 0 Å². The monoisotopic (exact) mass is 491 g/mol. The lowest BCUT2D eigenvalue weighted by Crippen LogP contribution is -2.42. The molecule has 2 atom stereocenters. The first-order valence-electron chi connectivity index (χ1n) is 10.4. The van der Waals surface area contributed by atoms with Crippen molar-refractivity contribution in [1.82, 2.24) is 4.31 Å². The largest absolute Gasteiger partial charge is 0.454 e. The molecule has 1 saturated heterocycles. The van der Waals surface area contributed by atoms with Gasteiger partial charge in [0.05, 0.1) is 27.2 Å². The highest BCUT2D eigenvalue weighted by atomic mass is 32.2. The third-order valence-electron chi connectivity index (χ3n) is 5.71. The van der Waals surface area contributed by atoms with E-state index in [0.717, 1.165) is 15.4 Å². The van der Waals surface area contributed by atoms with Crippen molar-refractivity contribution in [3.05, 3.63) is 63.2 Å². The number of rotatable bonds is 7. The summed E-state index contributed by atoms with van der Waals surface area (Å²) in [6, 6.07) is 7.44. The van der Waals surface area contributed by atoms with Crippen LogP contribution in [0.2, 0.25) is 0 Å². The molecule has 1 aliphatic rings. The zero-order chi connectivity index (χ0) is 25.2. The number of carbonyl (C=O) groups excluding carboxylic acids is 2. The molecule has 0 radical (unpaired) electrons. The lowest BCUT2D eigenvalue weighted by Gasteiger charge is -2.22. The third kappa shape index (κ3) is 5.24. The molecule has 3 rings (SSSR count). The first kappa shape index (κ1) is 25.3. The molecule has 1 amide bonds. The summed E-state index contributed by atoms with van der Waals surface area (Å²) in [7, 11) is -4.10. The highest BCUT2D eigenvalue weighted by Gasteiger charge is 2.44. The van der Waals surface area contributed by atoms with E-state index in [2.05, 4.69) is 5.32 Å². The molecule has 12 heteroatoms. The first-order valence-corrected chi connectivity index (χ1v) is 11.8. The molecule has 0 aromatic heterocycles. The number of ether oxygens (including phenoxy) is 1. The number of β-amino-alcohol motifs (C(OH)–C–C–N with tert-alkyl or cyclic N) is 1. The number of hydrogen-bond acceptors (Lipinski definition) is 8. The topological polar surface area (TPSA) is 156 Å². The molecule has 1 fully saturated rings. The van der Waals surface area contributed by atoms with Gasteiger partial charge in [-0.15, -0.1) is 0 Å². The van der Waals surface area contributed by atoms with Gasteiger partial charge in [0.25, 0.3) is 11.6 Å². The maximum absolute atomic E-state index is 13.1. The number of sulfonamides is 1. The van der Waals surface area contributed by atoms with Gasteiger partial charge in [0.1, 0.15) is 6.04 Å². The van der Waals surface area contributed by atoms with E-state index in [0.29, 0.717) is 0 Å². The van der Waals surface area contributed by atoms with Crippen molar-refractivity contribution in [2.45, 2.75) is 44.2 Å². The van der Waals surface area contributed by atoms with E-state index in [-0.39, 0.29) is 34.8 Å². The number of nitrogens with one attached hydrogen (secondary N) is 1. The summed E-state index contributed by atoms with van der Waals surface area (Å²) >= 11 is 0. The number of nitrogens with zero attached hydrogens (tertiary/aromatic N) is 2. The predicted octanol–water partition coefficient (Wildman–Crippen LogP) is 1.83. The second kappa shape index (κ2) is 9.87. The van der Waals surface area contributed by atoms with Crippen LogP contribution in [0.4, 0.5) is 11.4 Å². The van der Waals surface area contributed by atoms with E-state index in [9.17, 15) is 33.2 Å². The van der Waals surface area contributed by atoms with Gasteiger partial charge in [-0.1, -0.05) is 12.1 Å². The third-order valence-corrected chi connectivity index (χ3v) is 7.58. The normalized spacial score (nSPS) is 18.5. The lowest BCUT2D eigenvalue weighted by atomic mass is 10.1. The number of nitro benzene ring substituents is 1. The summed E-state index contributed by atoms with van der Waals surface area (Å²) in [6.45, 7) is 4.06. The highest BCUT2D eigenvalue weighted by Crippen LogP contribution is 2.28. The second-order valence-electron chi connectivity index (χ2n) is 8.09. The summed E-state index contributed by atoms with van der Waals surface area (Å²) in [6.07, 6.45) is -1.24. The summed E-state index contributed by atoms with van der Waals surface area (Å²) in [5.74, 6) is -1.73. The first-order chi connectivity index (χ1) is 15.9. The van der Waals surface area contributed by atoms with Crippen LogP contribution in [-0.2, 0) is 24.3 Å². The summed E-state index contributed by atoms with van der Waals surface area (Å²) in [5.41, 5.74) is 1.90. The molecule has 1 unspecified atom stereocenters. The van der Waals surface area contributed by atoms with E-state index >= 15 is 0 Å². The zero-order valence-corrected chi connectivity index (χ0v) is 19.7. The van der Waals surface area contributed by atoms with Crippen LogP contribution in [0.15, 0.2) is 41.3 Å². The summed E-state index contributed by atoms with van der Waals surface area (Å²) in [4.78, 5) is 35.4. The van der Waals surface area contributed by atoms with Crippen molar-refractivity contribution in [3.63, 3.8) is 0 Å². The number of esters is 1. The number of amides is 1. The van der Waals surface area contributed by atoms with Gasteiger partial charge in [-0.25, -0.2) is 8.42 Å². The molecule has 2 aromatic rings. The molecule has 1 aliphatic heterocycles. The Morgan fingerprint density at radius 2 is 1.91 bits per heavy atom. The molecule has 0 aliphatic carbocycles. The van der Waals surface area contributed by atoms with Gasteiger partial charge < -0.3 is 15.2 Å². The fraction of sp³-hybridized carbons (Fsp3) is 0.364. The molecule has 182 valence electrons. The Hall–Kier alpha value is -3.35. The smallest absolute Gasteiger partial charge is 0.325 e. The Morgan fingerprint density at radius 1 is 1.21 bits per heavy atom. The zero-order valence-electron chi connectivity index (χ0n) is 18.8. The van der Waals surface area contributed by atoms with Crippen molar-refractivity contribution in [2.75, 3.05) is 18.5 Å². The summed E-state index contributed by atoms with van der Waals surface area (Å²) < 4.78 is 32.2. The van der Waals surface area contributed by atoms with Gasteiger partial charge in [0.15, 0.2) is 6.61 Å². The maximum atomic E-state index is 13.1. The molecule has 2 aromatic carbocycles. The number of nitro groups is 1. The molecule has 2 N–H and O–H groups in total. The molecular weight excluding hydrogens is 466 g/mol. The standard InChI is InChI=1S/C22H25N3O8S/c1-13-7-8-17(9-14(13)2)34(31,32)24-11-16(26)10-20(24)22(28)33-12-21(27)23-18-5-4-6-19(15(18)3)25(29)30/h4-9,16,20,26H,10-12H2,1-3H3,(H,23,27)/t16?,20-/m0/s1. The fourth-order valence-electron chi connectivity index (χ4n) is 3.65. The van der Waals surface area contributed by atoms with Crippen LogP contribution in [0.1, 0.15) is 23.1 Å². The second-order valence-corrected chi connectivity index (χ2v) is 9.98. The minimum Gasteiger partial charge on any atom is -0.454 e. The Kier molecular flexibility index (Phi) is 7.34. The Morgan fingerprint density at radius 3 is 2.56 bits per heavy atom. The van der Waals surface area contributed by atoms with Crippen molar-refractivity contribution in [1.29, 1.82) is 0 Å². The Balaban J connectivity index is 1.70. The van der Waals surface area contributed by atoms with Crippen LogP contribution >= 0.6 is 0 Å². The Labute approximate surface area is 196 Å². The highest BCUT2D eigenvalue weighted by molar-refractivity contribution is 7.89. The van der Waals surface area contributed by atoms with Crippen molar-refractivity contribution >= 4 is 33.3 Å². The number of hydrogen-bond donors (Lipinski definition) is 2. The average molecular weight is 492 g/mol. The molecule has 0 spiro atoms. The van der Waals surface area contributed by atoms with Crippen LogP contribution in [0.3, 0.4) is 0 Å². The molecular formula is C22H25N3O8S. The van der Waals surface area contributed by atoms with Crippen molar-refractivity contribution in [2.24, 2.45) is 0 Å². The summed E-state index contributed by atoms with van der Waals surface area (Å²) in [5, 5.41) is 23.5. The van der Waals surface area contributed by atoms with Gasteiger partial charge in [0, 0.05) is 19.0 Å². The van der Waals surface area contributed by atoms with Gasteiger partial charge in [-0.3, -0.25) is 19.7 Å². The van der Waals surface area contributed by atoms with Crippen LogP contribution in [0.5, 0.6) is 0 Å². The average Bonchev–Trinajstić information content (AvgIpc) is 3.17. The maximum Gasteiger partial charge on any atom is 0.325 e.